The van der Waals surface area contributed by atoms with Crippen LogP contribution in [0.1, 0.15) is 49.9 Å². The van der Waals surface area contributed by atoms with E-state index in [1.54, 1.807) is 18.2 Å². The Bertz CT molecular complexity index is 562. The van der Waals surface area contributed by atoms with Crippen molar-refractivity contribution in [2.45, 2.75) is 45.6 Å². The van der Waals surface area contributed by atoms with Gasteiger partial charge in [0.25, 0.3) is 5.91 Å². The highest BCUT2D eigenvalue weighted by molar-refractivity contribution is 5.94. The normalized spacial score (nSPS) is 20.7. The van der Waals surface area contributed by atoms with Gasteiger partial charge in [-0.25, -0.2) is 0 Å². The first kappa shape index (κ1) is 17.3. The molecule has 0 radical (unpaired) electrons. The minimum atomic E-state index is -0.123. The first-order valence-corrected chi connectivity index (χ1v) is 8.10. The molecular weight excluding hydrogens is 294 g/mol. The fourth-order valence-corrected chi connectivity index (χ4v) is 2.82. The number of ether oxygens (including phenoxy) is 2. The lowest BCUT2D eigenvalue weighted by Crippen LogP contribution is -2.39. The smallest absolute Gasteiger partial charge is 0.258 e. The largest absolute Gasteiger partial charge is 0.493 e. The van der Waals surface area contributed by atoms with Crippen molar-refractivity contribution in [3.8, 4) is 11.5 Å². The standard InChI is InChI=1S/C18H25NO4/c1-12-4-7-15(8-5-12)19-18(21)11-23-16-9-6-14(13(2)20)10-17(16)22-3/h6,9-10,12,15H,4-5,7-8,11H2,1-3H3,(H,19,21). The molecule has 23 heavy (non-hydrogen) atoms. The molecule has 2 rings (SSSR count). The molecule has 0 aliphatic heterocycles. The Balaban J connectivity index is 1.87. The van der Waals surface area contributed by atoms with Gasteiger partial charge in [-0.15, -0.1) is 0 Å². The van der Waals surface area contributed by atoms with Crippen LogP contribution in [0, 0.1) is 5.92 Å². The molecule has 5 nitrogen and oxygen atoms in total. The summed E-state index contributed by atoms with van der Waals surface area (Å²) in [6.45, 7) is 3.69. The molecule has 1 saturated carbocycles. The maximum atomic E-state index is 12.0. The molecule has 0 aromatic heterocycles. The van der Waals surface area contributed by atoms with Gasteiger partial charge in [0.2, 0.25) is 0 Å². The van der Waals surface area contributed by atoms with Crippen LogP contribution < -0.4 is 14.8 Å². The Morgan fingerprint density at radius 2 is 1.87 bits per heavy atom. The van der Waals surface area contributed by atoms with Crippen LogP contribution in [-0.4, -0.2) is 31.4 Å². The monoisotopic (exact) mass is 319 g/mol. The number of carbonyl (C=O) groups excluding carboxylic acids is 2. The molecule has 0 atom stereocenters. The van der Waals surface area contributed by atoms with Gasteiger partial charge in [-0.1, -0.05) is 6.92 Å². The van der Waals surface area contributed by atoms with Crippen molar-refractivity contribution in [3.05, 3.63) is 23.8 Å². The van der Waals surface area contributed by atoms with Crippen LogP contribution in [0.4, 0.5) is 0 Å². The molecule has 1 aliphatic carbocycles. The molecule has 0 bridgehead atoms. The van der Waals surface area contributed by atoms with E-state index in [0.29, 0.717) is 17.1 Å². The highest BCUT2D eigenvalue weighted by atomic mass is 16.5. The number of rotatable bonds is 6. The Kier molecular flexibility index (Phi) is 6.02. The first-order chi connectivity index (χ1) is 11.0. The Labute approximate surface area is 137 Å². The summed E-state index contributed by atoms with van der Waals surface area (Å²) in [6.07, 6.45) is 4.38. The fourth-order valence-electron chi connectivity index (χ4n) is 2.82. The van der Waals surface area contributed by atoms with Crippen molar-refractivity contribution >= 4 is 11.7 Å². The van der Waals surface area contributed by atoms with E-state index < -0.39 is 0 Å². The predicted octanol–water partition coefficient (Wildman–Crippen LogP) is 2.97. The second kappa shape index (κ2) is 7.99. The first-order valence-electron chi connectivity index (χ1n) is 8.10. The highest BCUT2D eigenvalue weighted by Gasteiger charge is 2.20. The Morgan fingerprint density at radius 1 is 1.17 bits per heavy atom. The maximum Gasteiger partial charge on any atom is 0.258 e. The second-order valence-corrected chi connectivity index (χ2v) is 6.23. The highest BCUT2D eigenvalue weighted by Crippen LogP contribution is 2.28. The van der Waals surface area contributed by atoms with Gasteiger partial charge in [0.15, 0.2) is 23.9 Å². The molecular formula is C18H25NO4. The third-order valence-corrected chi connectivity index (χ3v) is 4.31. The molecule has 0 unspecified atom stereocenters. The van der Waals surface area contributed by atoms with Crippen LogP contribution in [0.3, 0.4) is 0 Å². The summed E-state index contributed by atoms with van der Waals surface area (Å²) in [5.74, 6) is 1.51. The fraction of sp³-hybridized carbons (Fsp3) is 0.556. The van der Waals surface area contributed by atoms with Crippen LogP contribution in [0.2, 0.25) is 0 Å². The van der Waals surface area contributed by atoms with Crippen molar-refractivity contribution < 1.29 is 19.1 Å². The summed E-state index contributed by atoms with van der Waals surface area (Å²) < 4.78 is 10.8. The lowest BCUT2D eigenvalue weighted by Gasteiger charge is -2.26. The van der Waals surface area contributed by atoms with Gasteiger partial charge >= 0.3 is 0 Å². The van der Waals surface area contributed by atoms with Gasteiger partial charge in [0.1, 0.15) is 0 Å². The zero-order valence-electron chi connectivity index (χ0n) is 14.1. The Morgan fingerprint density at radius 3 is 2.48 bits per heavy atom. The van der Waals surface area contributed by atoms with Gasteiger partial charge < -0.3 is 14.8 Å². The zero-order valence-corrected chi connectivity index (χ0v) is 14.1. The van der Waals surface area contributed by atoms with Gasteiger partial charge in [-0.2, -0.15) is 0 Å². The summed E-state index contributed by atoms with van der Waals surface area (Å²) in [7, 11) is 1.51. The minimum absolute atomic E-state index is 0.0425. The number of benzene rings is 1. The van der Waals surface area contributed by atoms with E-state index >= 15 is 0 Å². The van der Waals surface area contributed by atoms with Gasteiger partial charge in [0.05, 0.1) is 7.11 Å². The summed E-state index contributed by atoms with van der Waals surface area (Å²) in [5, 5.41) is 3.02. The lowest BCUT2D eigenvalue weighted by molar-refractivity contribution is -0.124. The van der Waals surface area contributed by atoms with Crippen LogP contribution in [0.25, 0.3) is 0 Å². The maximum absolute atomic E-state index is 12.0. The van der Waals surface area contributed by atoms with Crippen molar-refractivity contribution in [2.24, 2.45) is 5.92 Å². The molecule has 1 aromatic carbocycles. The van der Waals surface area contributed by atoms with Gasteiger partial charge in [-0.3, -0.25) is 9.59 Å². The molecule has 5 heteroatoms. The average molecular weight is 319 g/mol. The average Bonchev–Trinajstić information content (AvgIpc) is 2.54. The number of ketones is 1. The molecule has 1 aromatic rings. The van der Waals surface area contributed by atoms with Gasteiger partial charge in [0, 0.05) is 11.6 Å². The molecule has 1 N–H and O–H groups in total. The zero-order chi connectivity index (χ0) is 16.8. The quantitative estimate of drug-likeness (QED) is 0.819. The number of methoxy groups -OCH3 is 1. The number of carbonyl (C=O) groups is 2. The lowest BCUT2D eigenvalue weighted by atomic mass is 9.87. The topological polar surface area (TPSA) is 64.6 Å². The van der Waals surface area contributed by atoms with E-state index in [1.165, 1.54) is 14.0 Å². The molecule has 0 saturated heterocycles. The molecule has 1 amide bonds. The summed E-state index contributed by atoms with van der Waals surface area (Å²) in [5.41, 5.74) is 0.551. The van der Waals surface area contributed by atoms with Crippen LogP contribution in [0.15, 0.2) is 18.2 Å². The predicted molar refractivity (Wildman–Crippen MR) is 88.1 cm³/mol. The number of nitrogens with one attached hydrogen (secondary N) is 1. The summed E-state index contributed by atoms with van der Waals surface area (Å²) in [6, 6.07) is 5.20. The molecule has 0 spiro atoms. The third-order valence-electron chi connectivity index (χ3n) is 4.31. The number of amides is 1. The van der Waals surface area contributed by atoms with E-state index in [0.717, 1.165) is 31.6 Å². The van der Waals surface area contributed by atoms with E-state index in [-0.39, 0.29) is 24.3 Å². The van der Waals surface area contributed by atoms with Crippen LogP contribution in [-0.2, 0) is 4.79 Å². The van der Waals surface area contributed by atoms with Crippen LogP contribution >= 0.6 is 0 Å². The molecule has 0 heterocycles. The minimum Gasteiger partial charge on any atom is -0.493 e. The molecule has 1 aliphatic rings. The van der Waals surface area contributed by atoms with Gasteiger partial charge in [-0.05, 0) is 56.7 Å². The van der Waals surface area contributed by atoms with Crippen molar-refractivity contribution in [1.29, 1.82) is 0 Å². The van der Waals surface area contributed by atoms with E-state index in [1.807, 2.05) is 0 Å². The van der Waals surface area contributed by atoms with Crippen molar-refractivity contribution in [2.75, 3.05) is 13.7 Å². The van der Waals surface area contributed by atoms with Crippen molar-refractivity contribution in [1.82, 2.24) is 5.32 Å². The van der Waals surface area contributed by atoms with E-state index in [4.69, 9.17) is 9.47 Å². The molecule has 1 fully saturated rings. The molecule has 126 valence electrons. The van der Waals surface area contributed by atoms with Crippen molar-refractivity contribution in [3.63, 3.8) is 0 Å². The third kappa shape index (κ3) is 4.98. The SMILES string of the molecule is COc1cc(C(C)=O)ccc1OCC(=O)NC1CCC(C)CC1. The summed E-state index contributed by atoms with van der Waals surface area (Å²) in [4.78, 5) is 23.4. The number of hydrogen-bond acceptors (Lipinski definition) is 4. The summed E-state index contributed by atoms with van der Waals surface area (Å²) >= 11 is 0. The Hall–Kier alpha value is -2.04. The number of hydrogen-bond donors (Lipinski definition) is 1. The van der Waals surface area contributed by atoms with Crippen LogP contribution in [0.5, 0.6) is 11.5 Å². The van der Waals surface area contributed by atoms with E-state index in [2.05, 4.69) is 12.2 Å². The number of Topliss-reactive ketones (excluding diaryl/α,β-unsaturated/α-hetero) is 1. The van der Waals surface area contributed by atoms with E-state index in [9.17, 15) is 9.59 Å². The second-order valence-electron chi connectivity index (χ2n) is 6.23.